The van der Waals surface area contributed by atoms with Crippen molar-refractivity contribution in [2.45, 2.75) is 73.3 Å². The summed E-state index contributed by atoms with van der Waals surface area (Å²) >= 11 is 0. The lowest BCUT2D eigenvalue weighted by atomic mass is 9.84. The number of aliphatic imine (C=N–C) groups is 3. The largest absolute Gasteiger partial charge is 0.511 e. The van der Waals surface area contributed by atoms with Crippen LogP contribution in [0.15, 0.2) is 119 Å². The number of hydrogen-bond acceptors (Lipinski definition) is 8. The third-order valence-corrected chi connectivity index (χ3v) is 9.78. The van der Waals surface area contributed by atoms with E-state index in [4.69, 9.17) is 19.7 Å². The molecule has 0 spiro atoms. The van der Waals surface area contributed by atoms with E-state index in [1.807, 2.05) is 32.1 Å². The van der Waals surface area contributed by atoms with E-state index in [9.17, 15) is 15.0 Å². The SMILES string of the molecule is C=CC1=C2NC(=C3CC(O)=C4C3=NC(=C4C)C=C3N=C(C=C4N=C1C(C)=C4C(C)O)C(C)=C3CC)[C@@H](CCC(=O)OC)[C@@H]2C. The quantitative estimate of drug-likeness (QED) is 0.303. The lowest BCUT2D eigenvalue weighted by Crippen LogP contribution is -2.16. The molecule has 6 rings (SSSR count). The van der Waals surface area contributed by atoms with Crippen LogP contribution in [-0.2, 0) is 9.53 Å². The number of nitrogens with zero attached hydrogens (tertiary/aromatic N) is 3. The van der Waals surface area contributed by atoms with Crippen LogP contribution in [-0.4, -0.2) is 46.5 Å². The normalized spacial score (nSPS) is 25.0. The van der Waals surface area contributed by atoms with Crippen LogP contribution in [0.1, 0.15) is 67.2 Å². The molecular formula is C36H40N4O4. The standard InChI is InChI=1S/C36H40N4O4/c1-9-21-16(3)25-15-28-31(20(7)41)19(6)34(39-28)22(10-2)33-17(4)23(11-12-30(43)44-8)35(40-33)24-13-29(42)32-18(5)26(38-36(24)32)14-27(21)37-25/h10,14-15,17,20,23,40-42H,2,9,11-13H2,1,3-8H3/t17-,20?,23-/m0/s1. The van der Waals surface area contributed by atoms with Gasteiger partial charge < -0.3 is 20.3 Å². The van der Waals surface area contributed by atoms with Crippen LogP contribution >= 0.6 is 0 Å². The lowest BCUT2D eigenvalue weighted by molar-refractivity contribution is -0.140. The molecule has 0 radical (unpaired) electrons. The molecule has 8 heteroatoms. The van der Waals surface area contributed by atoms with Crippen LogP contribution in [0.5, 0.6) is 0 Å². The number of nitrogens with one attached hydrogen (secondary N) is 1. The van der Waals surface area contributed by atoms with Gasteiger partial charge >= 0.3 is 5.97 Å². The number of hydrogen-bond donors (Lipinski definition) is 3. The third-order valence-electron chi connectivity index (χ3n) is 9.78. The predicted octanol–water partition coefficient (Wildman–Crippen LogP) is 6.55. The molecule has 1 fully saturated rings. The number of rotatable bonds is 6. The molecule has 0 amide bonds. The van der Waals surface area contributed by atoms with Crippen LogP contribution in [0.4, 0.5) is 0 Å². The molecule has 0 aromatic carbocycles. The summed E-state index contributed by atoms with van der Waals surface area (Å²) < 4.78 is 4.99. The van der Waals surface area contributed by atoms with Gasteiger partial charge in [-0.15, -0.1) is 0 Å². The fourth-order valence-electron chi connectivity index (χ4n) is 7.44. The average molecular weight is 593 g/mol. The summed E-state index contributed by atoms with van der Waals surface area (Å²) in [5.74, 6) is -0.0442. The Morgan fingerprint density at radius 2 is 1.86 bits per heavy atom. The smallest absolute Gasteiger partial charge is 0.305 e. The summed E-state index contributed by atoms with van der Waals surface area (Å²) in [5.41, 5.74) is 13.8. The molecule has 228 valence electrons. The van der Waals surface area contributed by atoms with Crippen molar-refractivity contribution in [3.05, 3.63) is 104 Å². The van der Waals surface area contributed by atoms with E-state index >= 15 is 0 Å². The molecule has 8 nitrogen and oxygen atoms in total. The van der Waals surface area contributed by atoms with Gasteiger partial charge in [0.15, 0.2) is 0 Å². The van der Waals surface area contributed by atoms with Crippen molar-refractivity contribution in [1.29, 1.82) is 0 Å². The van der Waals surface area contributed by atoms with Gasteiger partial charge in [0.25, 0.3) is 0 Å². The van der Waals surface area contributed by atoms with E-state index in [-0.39, 0.29) is 24.2 Å². The zero-order valence-corrected chi connectivity index (χ0v) is 26.6. The van der Waals surface area contributed by atoms with Crippen molar-refractivity contribution < 1.29 is 19.7 Å². The Kier molecular flexibility index (Phi) is 7.44. The maximum Gasteiger partial charge on any atom is 0.305 e. The maximum absolute atomic E-state index is 12.3. The molecule has 1 aliphatic carbocycles. The molecule has 3 N–H and O–H groups in total. The number of esters is 1. The van der Waals surface area contributed by atoms with Gasteiger partial charge in [-0.25, -0.2) is 15.0 Å². The molecule has 3 atom stereocenters. The second-order valence-electron chi connectivity index (χ2n) is 12.2. The predicted molar refractivity (Wildman–Crippen MR) is 174 cm³/mol. The molecule has 44 heavy (non-hydrogen) atoms. The van der Waals surface area contributed by atoms with Crippen molar-refractivity contribution in [2.24, 2.45) is 26.8 Å². The summed E-state index contributed by atoms with van der Waals surface area (Å²) in [5, 5.41) is 25.9. The summed E-state index contributed by atoms with van der Waals surface area (Å²) in [6, 6.07) is 0. The van der Waals surface area contributed by atoms with E-state index in [0.717, 1.165) is 90.9 Å². The van der Waals surface area contributed by atoms with E-state index in [2.05, 4.69) is 32.7 Å². The molecule has 5 aliphatic heterocycles. The first kappa shape index (κ1) is 29.8. The monoisotopic (exact) mass is 592 g/mol. The number of allylic oxidation sites excluding steroid dienone is 12. The third kappa shape index (κ3) is 4.46. The minimum atomic E-state index is -0.739. The highest BCUT2D eigenvalue weighted by Gasteiger charge is 2.42. The molecular weight excluding hydrogens is 552 g/mol. The molecule has 1 saturated heterocycles. The second kappa shape index (κ2) is 11.0. The second-order valence-corrected chi connectivity index (χ2v) is 12.2. The van der Waals surface area contributed by atoms with Gasteiger partial charge in [0, 0.05) is 58.4 Å². The van der Waals surface area contributed by atoms with Crippen LogP contribution in [0.2, 0.25) is 0 Å². The summed E-state index contributed by atoms with van der Waals surface area (Å²) in [4.78, 5) is 27.6. The van der Waals surface area contributed by atoms with Crippen molar-refractivity contribution >= 4 is 23.1 Å². The van der Waals surface area contributed by atoms with Crippen molar-refractivity contribution in [3.63, 3.8) is 0 Å². The first-order valence-corrected chi connectivity index (χ1v) is 15.4. The van der Waals surface area contributed by atoms with Gasteiger partial charge in [0.1, 0.15) is 5.76 Å². The van der Waals surface area contributed by atoms with Crippen LogP contribution in [0, 0.1) is 11.8 Å². The number of fused-ring (bicyclic) bond motifs is 5. The highest BCUT2D eigenvalue weighted by Crippen LogP contribution is 2.47. The Labute approximate surface area is 258 Å². The van der Waals surface area contributed by atoms with E-state index in [1.165, 1.54) is 7.11 Å². The van der Waals surface area contributed by atoms with E-state index < -0.39 is 6.10 Å². The highest BCUT2D eigenvalue weighted by molar-refractivity contribution is 6.21. The molecule has 0 aromatic rings. The van der Waals surface area contributed by atoms with E-state index in [1.54, 1.807) is 6.92 Å². The zero-order valence-electron chi connectivity index (χ0n) is 26.6. The van der Waals surface area contributed by atoms with Crippen LogP contribution < -0.4 is 5.32 Å². The molecule has 8 bridgehead atoms. The van der Waals surface area contributed by atoms with Crippen molar-refractivity contribution in [1.82, 2.24) is 5.32 Å². The summed E-state index contributed by atoms with van der Waals surface area (Å²) in [6.07, 6.45) is 7.05. The minimum absolute atomic E-state index is 0.0223. The zero-order chi connectivity index (χ0) is 31.6. The van der Waals surface area contributed by atoms with Gasteiger partial charge in [-0.05, 0) is 75.0 Å². The number of aliphatic hydroxyl groups is 2. The number of methoxy groups -OCH3 is 1. The van der Waals surface area contributed by atoms with Gasteiger partial charge in [-0.2, -0.15) is 0 Å². The van der Waals surface area contributed by atoms with E-state index in [0.29, 0.717) is 24.3 Å². The Morgan fingerprint density at radius 3 is 2.52 bits per heavy atom. The molecule has 0 aromatic heterocycles. The first-order valence-electron chi connectivity index (χ1n) is 15.4. The topological polar surface area (TPSA) is 116 Å². The fourth-order valence-corrected chi connectivity index (χ4v) is 7.44. The Balaban J connectivity index is 1.66. The number of carbonyl (C=O) groups excluding carboxylic acids is 1. The fraction of sp³-hybridized carbons (Fsp3) is 0.389. The molecule has 0 saturated carbocycles. The molecule has 1 unspecified atom stereocenters. The Morgan fingerprint density at radius 1 is 1.11 bits per heavy atom. The highest BCUT2D eigenvalue weighted by atomic mass is 16.5. The average Bonchev–Trinajstić information content (AvgIpc) is 3.74. The lowest BCUT2D eigenvalue weighted by Gasteiger charge is -2.18. The van der Waals surface area contributed by atoms with Gasteiger partial charge in [-0.3, -0.25) is 4.79 Å². The number of carbonyl (C=O) groups is 1. The van der Waals surface area contributed by atoms with Gasteiger partial charge in [0.05, 0.1) is 47.4 Å². The first-order chi connectivity index (χ1) is 21.0. The van der Waals surface area contributed by atoms with Crippen molar-refractivity contribution in [2.75, 3.05) is 7.11 Å². The minimum Gasteiger partial charge on any atom is -0.511 e. The summed E-state index contributed by atoms with van der Waals surface area (Å²) in [6.45, 7) is 16.3. The maximum atomic E-state index is 12.3. The van der Waals surface area contributed by atoms with Crippen LogP contribution in [0.3, 0.4) is 0 Å². The van der Waals surface area contributed by atoms with Crippen molar-refractivity contribution in [3.8, 4) is 0 Å². The Hall–Kier alpha value is -4.30. The summed E-state index contributed by atoms with van der Waals surface area (Å²) in [7, 11) is 1.41. The number of aliphatic hydroxyl groups excluding tert-OH is 2. The molecule has 6 aliphatic rings. The van der Waals surface area contributed by atoms with Gasteiger partial charge in [-0.1, -0.05) is 26.5 Å². The number of ether oxygens (including phenoxy) is 1. The Bertz CT molecular complexity index is 1780. The van der Waals surface area contributed by atoms with Crippen LogP contribution in [0.25, 0.3) is 0 Å². The van der Waals surface area contributed by atoms with Gasteiger partial charge in [0.2, 0.25) is 0 Å². The molecule has 5 heterocycles.